The summed E-state index contributed by atoms with van der Waals surface area (Å²) in [5.74, 6) is 0. The molecule has 2 aliphatic carbocycles. The Morgan fingerprint density at radius 3 is 2.11 bits per heavy atom. The molecule has 3 N–H and O–H groups in total. The Bertz CT molecular complexity index is 1220. The van der Waals surface area contributed by atoms with Gasteiger partial charge in [0.05, 0.1) is 17.1 Å². The first-order valence-corrected chi connectivity index (χ1v) is 10.2. The van der Waals surface area contributed by atoms with Gasteiger partial charge in [-0.25, -0.2) is 15.0 Å². The van der Waals surface area contributed by atoms with Crippen molar-refractivity contribution in [1.82, 2.24) is 29.9 Å². The van der Waals surface area contributed by atoms with Crippen LogP contribution in [-0.2, 0) is 25.7 Å². The summed E-state index contributed by atoms with van der Waals surface area (Å²) >= 11 is 6.06. The molecule has 0 unspecified atom stereocenters. The standard InChI is InChI=1S/C10H10ClN3.C10H11N3O/c11-9-8-6-3-1-2-4-7(6)14-10(8)13-5-12-9;14-10-8-6-3-1-2-4-7(6)13-9(8)11-5-12-10/h5H,1-4H2,(H,12,13,14);5H,1-4H2,(H2,11,12,13,14). The number of aryl methyl sites for hydroxylation is 4. The first-order chi connectivity index (χ1) is 13.7. The van der Waals surface area contributed by atoms with Crippen LogP contribution in [0.3, 0.4) is 0 Å². The zero-order chi connectivity index (χ0) is 19.1. The number of nitrogens with one attached hydrogen (secondary N) is 3. The van der Waals surface area contributed by atoms with Gasteiger partial charge < -0.3 is 15.0 Å². The lowest BCUT2D eigenvalue weighted by atomic mass is 9.96. The highest BCUT2D eigenvalue weighted by Crippen LogP contribution is 2.31. The molecule has 144 valence electrons. The fraction of sp³-hybridized carbons (Fsp3) is 0.400. The fourth-order valence-corrected chi connectivity index (χ4v) is 4.67. The Morgan fingerprint density at radius 1 is 0.786 bits per heavy atom. The molecular weight excluding hydrogens is 376 g/mol. The molecule has 4 heterocycles. The number of rotatable bonds is 0. The topological polar surface area (TPSA) is 103 Å². The van der Waals surface area contributed by atoms with E-state index in [9.17, 15) is 4.79 Å². The van der Waals surface area contributed by atoms with E-state index < -0.39 is 0 Å². The second-order valence-corrected chi connectivity index (χ2v) is 7.78. The molecule has 2 aliphatic rings. The number of H-pyrrole nitrogens is 3. The van der Waals surface area contributed by atoms with Crippen molar-refractivity contribution in [2.45, 2.75) is 51.4 Å². The molecule has 28 heavy (non-hydrogen) atoms. The summed E-state index contributed by atoms with van der Waals surface area (Å²) in [5.41, 5.74) is 6.62. The largest absolute Gasteiger partial charge is 0.343 e. The molecule has 0 saturated carbocycles. The summed E-state index contributed by atoms with van der Waals surface area (Å²) in [6, 6.07) is 0. The first kappa shape index (κ1) is 17.4. The predicted molar refractivity (Wildman–Crippen MR) is 109 cm³/mol. The van der Waals surface area contributed by atoms with Gasteiger partial charge >= 0.3 is 0 Å². The molecule has 0 atom stereocenters. The van der Waals surface area contributed by atoms with E-state index >= 15 is 0 Å². The number of nitrogens with zero attached hydrogens (tertiary/aromatic N) is 3. The molecule has 7 nitrogen and oxygen atoms in total. The van der Waals surface area contributed by atoms with Crippen LogP contribution in [0, 0.1) is 0 Å². The highest BCUT2D eigenvalue weighted by atomic mass is 35.5. The third kappa shape index (κ3) is 2.90. The minimum Gasteiger partial charge on any atom is -0.343 e. The maximum atomic E-state index is 11.6. The summed E-state index contributed by atoms with van der Waals surface area (Å²) in [7, 11) is 0. The zero-order valence-corrected chi connectivity index (χ0v) is 16.2. The van der Waals surface area contributed by atoms with Crippen molar-refractivity contribution in [3.05, 3.63) is 50.7 Å². The van der Waals surface area contributed by atoms with Crippen LogP contribution in [0.15, 0.2) is 17.4 Å². The summed E-state index contributed by atoms with van der Waals surface area (Å²) < 4.78 is 0. The van der Waals surface area contributed by atoms with E-state index in [2.05, 4.69) is 29.9 Å². The van der Waals surface area contributed by atoms with Gasteiger partial charge in [0.25, 0.3) is 5.56 Å². The normalized spacial score (nSPS) is 15.8. The van der Waals surface area contributed by atoms with Crippen LogP contribution < -0.4 is 5.56 Å². The van der Waals surface area contributed by atoms with Gasteiger partial charge in [-0.05, 0) is 62.5 Å². The third-order valence-corrected chi connectivity index (χ3v) is 6.02. The van der Waals surface area contributed by atoms with Crippen LogP contribution in [-0.4, -0.2) is 29.9 Å². The molecule has 0 spiro atoms. The summed E-state index contributed by atoms with van der Waals surface area (Å²) in [4.78, 5) is 33.1. The average molecular weight is 397 g/mol. The molecule has 0 fully saturated rings. The number of fused-ring (bicyclic) bond motifs is 6. The van der Waals surface area contributed by atoms with Crippen molar-refractivity contribution >= 4 is 33.7 Å². The van der Waals surface area contributed by atoms with E-state index in [1.54, 1.807) is 0 Å². The van der Waals surface area contributed by atoms with Gasteiger partial charge in [-0.1, -0.05) is 11.6 Å². The van der Waals surface area contributed by atoms with E-state index in [1.165, 1.54) is 60.9 Å². The van der Waals surface area contributed by atoms with Gasteiger partial charge in [0.1, 0.15) is 22.8 Å². The Balaban J connectivity index is 0.000000122. The van der Waals surface area contributed by atoms with Gasteiger partial charge in [0, 0.05) is 11.4 Å². The highest BCUT2D eigenvalue weighted by molar-refractivity contribution is 6.34. The van der Waals surface area contributed by atoms with Gasteiger partial charge in [0.15, 0.2) is 0 Å². The lowest BCUT2D eigenvalue weighted by molar-refractivity contribution is 0.679. The summed E-state index contributed by atoms with van der Waals surface area (Å²) in [6.07, 6.45) is 12.1. The van der Waals surface area contributed by atoms with Crippen LogP contribution in [0.5, 0.6) is 0 Å². The highest BCUT2D eigenvalue weighted by Gasteiger charge is 2.18. The molecule has 0 radical (unpaired) electrons. The SMILES string of the molecule is Clc1ncnc2[nH]c3c(c12)CCCC3.O=c1[nH]cnc2[nH]c3c(c12)CCCC3. The summed E-state index contributed by atoms with van der Waals surface area (Å²) in [5, 5.41) is 2.38. The average Bonchev–Trinajstić information content (AvgIpc) is 3.28. The summed E-state index contributed by atoms with van der Waals surface area (Å²) in [6.45, 7) is 0. The number of aromatic amines is 3. The minimum atomic E-state index is -0.0191. The Labute approximate surface area is 166 Å². The molecule has 6 rings (SSSR count). The molecule has 0 amide bonds. The van der Waals surface area contributed by atoms with Crippen molar-refractivity contribution in [2.24, 2.45) is 0 Å². The molecule has 4 aromatic rings. The lowest BCUT2D eigenvalue weighted by Gasteiger charge is -2.10. The van der Waals surface area contributed by atoms with E-state index in [1.807, 2.05) is 0 Å². The minimum absolute atomic E-state index is 0.0191. The third-order valence-electron chi connectivity index (χ3n) is 5.73. The molecule has 4 aromatic heterocycles. The molecule has 0 saturated heterocycles. The van der Waals surface area contributed by atoms with Crippen LogP contribution in [0.25, 0.3) is 22.1 Å². The number of halogens is 1. The van der Waals surface area contributed by atoms with Gasteiger partial charge in [-0.15, -0.1) is 0 Å². The fourth-order valence-electron chi connectivity index (χ4n) is 4.42. The second kappa shape index (κ2) is 7.05. The second-order valence-electron chi connectivity index (χ2n) is 7.42. The van der Waals surface area contributed by atoms with Crippen molar-refractivity contribution in [3.8, 4) is 0 Å². The van der Waals surface area contributed by atoms with E-state index in [-0.39, 0.29) is 5.56 Å². The van der Waals surface area contributed by atoms with E-state index in [0.717, 1.165) is 47.8 Å². The van der Waals surface area contributed by atoms with E-state index in [4.69, 9.17) is 11.6 Å². The Hall–Kier alpha value is -2.67. The monoisotopic (exact) mass is 396 g/mol. The number of hydrogen-bond acceptors (Lipinski definition) is 4. The predicted octanol–water partition coefficient (Wildman–Crippen LogP) is 3.62. The first-order valence-electron chi connectivity index (χ1n) is 9.79. The van der Waals surface area contributed by atoms with Gasteiger partial charge in [0.2, 0.25) is 0 Å². The van der Waals surface area contributed by atoms with Crippen LogP contribution in [0.4, 0.5) is 0 Å². The smallest absolute Gasteiger partial charge is 0.260 e. The quantitative estimate of drug-likeness (QED) is 0.395. The van der Waals surface area contributed by atoms with Gasteiger partial charge in [-0.2, -0.15) is 0 Å². The van der Waals surface area contributed by atoms with Crippen molar-refractivity contribution < 1.29 is 0 Å². The van der Waals surface area contributed by atoms with Crippen molar-refractivity contribution in [3.63, 3.8) is 0 Å². The molecule has 8 heteroatoms. The van der Waals surface area contributed by atoms with Crippen LogP contribution >= 0.6 is 11.6 Å². The van der Waals surface area contributed by atoms with Crippen molar-refractivity contribution in [1.29, 1.82) is 0 Å². The zero-order valence-electron chi connectivity index (χ0n) is 15.4. The number of aromatic nitrogens is 6. The molecule has 0 aliphatic heterocycles. The Morgan fingerprint density at radius 2 is 1.39 bits per heavy atom. The molecule has 0 bridgehead atoms. The maximum Gasteiger partial charge on any atom is 0.260 e. The maximum absolute atomic E-state index is 11.6. The van der Waals surface area contributed by atoms with Crippen LogP contribution in [0.2, 0.25) is 5.15 Å². The van der Waals surface area contributed by atoms with Crippen molar-refractivity contribution in [2.75, 3.05) is 0 Å². The van der Waals surface area contributed by atoms with Crippen LogP contribution in [0.1, 0.15) is 48.2 Å². The molecular formula is C20H21ClN6O. The lowest BCUT2D eigenvalue weighted by Crippen LogP contribution is -2.08. The van der Waals surface area contributed by atoms with E-state index in [0.29, 0.717) is 5.15 Å². The Kier molecular flexibility index (Phi) is 4.39. The van der Waals surface area contributed by atoms with Gasteiger partial charge in [-0.3, -0.25) is 4.79 Å². The molecule has 0 aromatic carbocycles. The number of hydrogen-bond donors (Lipinski definition) is 3.